The molecule has 3 atom stereocenters. The van der Waals surface area contributed by atoms with Gasteiger partial charge in [0.25, 0.3) is 11.8 Å². The molecule has 2 heterocycles. The van der Waals surface area contributed by atoms with Crippen LogP contribution in [0.1, 0.15) is 6.92 Å². The number of esters is 1. The highest BCUT2D eigenvalue weighted by atomic mass is 35.6. The Morgan fingerprint density at radius 2 is 1.93 bits per heavy atom. The van der Waals surface area contributed by atoms with Crippen molar-refractivity contribution in [1.29, 1.82) is 0 Å². The third kappa shape index (κ3) is 5.51. The van der Waals surface area contributed by atoms with E-state index in [9.17, 15) is 14.4 Å². The van der Waals surface area contributed by atoms with Crippen LogP contribution in [0.4, 0.5) is 0 Å². The number of rotatable bonds is 6. The van der Waals surface area contributed by atoms with Crippen LogP contribution < -0.4 is 10.1 Å². The zero-order valence-electron chi connectivity index (χ0n) is 15.1. The van der Waals surface area contributed by atoms with Crippen molar-refractivity contribution in [2.75, 3.05) is 13.2 Å². The number of ether oxygens (including phenoxy) is 2. The molecular formula is C18H17Cl3N2O5S. The van der Waals surface area contributed by atoms with Crippen molar-refractivity contribution in [2.24, 2.45) is 0 Å². The molecule has 0 aliphatic carbocycles. The second-order valence-corrected chi connectivity index (χ2v) is 10.3. The molecule has 2 unspecified atom stereocenters. The third-order valence-corrected chi connectivity index (χ3v) is 5.71. The summed E-state index contributed by atoms with van der Waals surface area (Å²) in [5.41, 5.74) is 0.0755. The van der Waals surface area contributed by atoms with Crippen LogP contribution in [-0.2, 0) is 19.1 Å². The molecule has 2 amide bonds. The molecule has 29 heavy (non-hydrogen) atoms. The average Bonchev–Trinajstić information content (AvgIpc) is 2.68. The summed E-state index contributed by atoms with van der Waals surface area (Å²) in [6.45, 7) is 1.19. The number of alkyl halides is 3. The summed E-state index contributed by atoms with van der Waals surface area (Å²) in [6.07, 6.45) is 1.61. The maximum atomic E-state index is 12.6. The van der Waals surface area contributed by atoms with Gasteiger partial charge >= 0.3 is 5.97 Å². The van der Waals surface area contributed by atoms with Gasteiger partial charge in [-0.2, -0.15) is 0 Å². The Labute approximate surface area is 186 Å². The highest BCUT2D eigenvalue weighted by molar-refractivity contribution is 8.00. The van der Waals surface area contributed by atoms with E-state index in [1.807, 2.05) is 13.0 Å². The van der Waals surface area contributed by atoms with Crippen LogP contribution in [0.5, 0.6) is 5.75 Å². The molecule has 2 aliphatic rings. The molecule has 156 valence electrons. The first-order valence-corrected chi connectivity index (χ1v) is 10.6. The van der Waals surface area contributed by atoms with Crippen LogP contribution in [-0.4, -0.2) is 56.4 Å². The van der Waals surface area contributed by atoms with Crippen LogP contribution in [0.2, 0.25) is 0 Å². The Bertz CT molecular complexity index is 831. The smallest absolute Gasteiger partial charge is 0.354 e. The molecule has 2 aliphatic heterocycles. The summed E-state index contributed by atoms with van der Waals surface area (Å²) in [7, 11) is 0. The van der Waals surface area contributed by atoms with Crippen molar-refractivity contribution in [3.63, 3.8) is 0 Å². The molecule has 1 aromatic rings. The summed E-state index contributed by atoms with van der Waals surface area (Å²) in [6, 6.07) is 8.09. The van der Waals surface area contributed by atoms with E-state index in [0.717, 1.165) is 0 Å². The Balaban J connectivity index is 1.58. The largest absolute Gasteiger partial charge is 0.484 e. The van der Waals surface area contributed by atoms with E-state index in [4.69, 9.17) is 44.3 Å². The molecule has 7 nitrogen and oxygen atoms in total. The fourth-order valence-corrected chi connectivity index (χ4v) is 4.31. The highest BCUT2D eigenvalue weighted by Crippen LogP contribution is 2.41. The Kier molecular flexibility index (Phi) is 6.88. The van der Waals surface area contributed by atoms with Gasteiger partial charge in [-0.05, 0) is 25.1 Å². The van der Waals surface area contributed by atoms with Gasteiger partial charge in [-0.3, -0.25) is 14.5 Å². The molecule has 0 aromatic heterocycles. The number of amides is 2. The van der Waals surface area contributed by atoms with Crippen molar-refractivity contribution < 1.29 is 23.9 Å². The minimum absolute atomic E-state index is 0.0755. The van der Waals surface area contributed by atoms with Gasteiger partial charge in [0.2, 0.25) is 3.79 Å². The molecule has 1 fully saturated rings. The molecule has 0 saturated carbocycles. The zero-order valence-corrected chi connectivity index (χ0v) is 18.2. The van der Waals surface area contributed by atoms with E-state index in [2.05, 4.69) is 5.32 Å². The molecule has 1 N–H and O–H groups in total. The van der Waals surface area contributed by atoms with Gasteiger partial charge in [0.15, 0.2) is 6.61 Å². The number of hydrogen-bond donors (Lipinski definition) is 1. The van der Waals surface area contributed by atoms with E-state index in [-0.39, 0.29) is 17.6 Å². The van der Waals surface area contributed by atoms with Gasteiger partial charge in [0.1, 0.15) is 29.5 Å². The molecular weight excluding hydrogens is 463 g/mol. The van der Waals surface area contributed by atoms with E-state index >= 15 is 0 Å². The number of thioether (sulfide) groups is 1. The van der Waals surface area contributed by atoms with Crippen molar-refractivity contribution in [3.8, 4) is 5.75 Å². The summed E-state index contributed by atoms with van der Waals surface area (Å²) in [5.74, 6) is -1.07. The van der Waals surface area contributed by atoms with Gasteiger partial charge in [-0.25, -0.2) is 4.79 Å². The fourth-order valence-electron chi connectivity index (χ4n) is 2.82. The highest BCUT2D eigenvalue weighted by Gasteiger charge is 2.54. The Morgan fingerprint density at radius 1 is 1.24 bits per heavy atom. The van der Waals surface area contributed by atoms with E-state index < -0.39 is 39.6 Å². The Morgan fingerprint density at radius 3 is 2.59 bits per heavy atom. The number of carbonyl (C=O) groups is 3. The second kappa shape index (κ2) is 9.04. The lowest BCUT2D eigenvalue weighted by Crippen LogP contribution is -2.71. The normalized spacial score (nSPS) is 23.4. The van der Waals surface area contributed by atoms with E-state index in [1.54, 1.807) is 30.3 Å². The number of nitrogens with zero attached hydrogens (tertiary/aromatic N) is 1. The monoisotopic (exact) mass is 478 g/mol. The molecule has 1 saturated heterocycles. The number of hydrogen-bond acceptors (Lipinski definition) is 6. The average molecular weight is 480 g/mol. The summed E-state index contributed by atoms with van der Waals surface area (Å²) in [4.78, 5) is 38.4. The number of β-lactam (4-membered cyclic amide) rings is 1. The SMILES string of the molecule is CC1C=C(C(=O)OCC(Cl)(Cl)Cl)N2C(=O)C(NC(=O)COc3ccccc3)[C@@H]2S1. The Hall–Kier alpha value is -1.61. The number of nitrogens with one attached hydrogen (secondary N) is 1. The van der Waals surface area contributed by atoms with Crippen molar-refractivity contribution in [3.05, 3.63) is 42.1 Å². The number of carbonyl (C=O) groups excluding carboxylic acids is 3. The lowest BCUT2D eigenvalue weighted by atomic mass is 10.0. The quantitative estimate of drug-likeness (QED) is 0.384. The standard InChI is InChI=1S/C18H17Cl3N2O5S/c1-10-7-12(17(26)28-9-18(19,20)21)23-15(25)14(16(23)29-10)22-13(24)8-27-11-5-3-2-4-6-11/h2-7,10,14,16H,8-9H2,1H3,(H,22,24)/t10?,14?,16-/m0/s1. The van der Waals surface area contributed by atoms with E-state index in [0.29, 0.717) is 5.75 Å². The van der Waals surface area contributed by atoms with Gasteiger partial charge < -0.3 is 14.8 Å². The van der Waals surface area contributed by atoms with Crippen molar-refractivity contribution >= 4 is 64.3 Å². The topological polar surface area (TPSA) is 84.9 Å². The predicted molar refractivity (Wildman–Crippen MR) is 111 cm³/mol. The molecule has 0 spiro atoms. The lowest BCUT2D eigenvalue weighted by molar-refractivity contribution is -0.153. The zero-order chi connectivity index (χ0) is 21.2. The van der Waals surface area contributed by atoms with Gasteiger partial charge in [0.05, 0.1) is 0 Å². The first kappa shape index (κ1) is 22.1. The lowest BCUT2D eigenvalue weighted by Gasteiger charge is -2.49. The molecule has 0 bridgehead atoms. The van der Waals surface area contributed by atoms with Crippen LogP contribution in [0.25, 0.3) is 0 Å². The number of benzene rings is 1. The molecule has 11 heteroatoms. The van der Waals surface area contributed by atoms with Crippen LogP contribution in [0.3, 0.4) is 0 Å². The summed E-state index contributed by atoms with van der Waals surface area (Å²) >= 11 is 18.2. The van der Waals surface area contributed by atoms with Crippen LogP contribution >= 0.6 is 46.6 Å². The maximum Gasteiger partial charge on any atom is 0.354 e. The van der Waals surface area contributed by atoms with E-state index in [1.165, 1.54) is 16.7 Å². The van der Waals surface area contributed by atoms with Crippen molar-refractivity contribution in [2.45, 2.75) is 27.4 Å². The van der Waals surface area contributed by atoms with Crippen molar-refractivity contribution in [1.82, 2.24) is 10.2 Å². The minimum Gasteiger partial charge on any atom is -0.484 e. The number of halogens is 3. The number of fused-ring (bicyclic) bond motifs is 1. The number of para-hydroxylation sites is 1. The molecule has 3 rings (SSSR count). The summed E-state index contributed by atoms with van der Waals surface area (Å²) in [5, 5.41) is 2.14. The first-order chi connectivity index (χ1) is 13.7. The minimum atomic E-state index is -1.75. The van der Waals surface area contributed by atoms with Gasteiger partial charge in [-0.1, -0.05) is 53.0 Å². The third-order valence-electron chi connectivity index (χ3n) is 4.05. The first-order valence-electron chi connectivity index (χ1n) is 8.57. The maximum absolute atomic E-state index is 12.6. The van der Waals surface area contributed by atoms with Gasteiger partial charge in [-0.15, -0.1) is 11.8 Å². The fraction of sp³-hybridized carbons (Fsp3) is 0.389. The predicted octanol–water partition coefficient (Wildman–Crippen LogP) is 2.65. The summed E-state index contributed by atoms with van der Waals surface area (Å²) < 4.78 is 8.62. The molecule has 1 aromatic carbocycles. The molecule has 0 radical (unpaired) electrons. The second-order valence-electron chi connectivity index (χ2n) is 6.33. The van der Waals surface area contributed by atoms with Crippen LogP contribution in [0, 0.1) is 0 Å². The van der Waals surface area contributed by atoms with Gasteiger partial charge in [0, 0.05) is 5.25 Å². The van der Waals surface area contributed by atoms with Crippen LogP contribution in [0.15, 0.2) is 42.1 Å².